The van der Waals surface area contributed by atoms with Gasteiger partial charge in [-0.15, -0.1) is 0 Å². The molecule has 3 aromatic rings. The highest BCUT2D eigenvalue weighted by molar-refractivity contribution is 6.32. The summed E-state index contributed by atoms with van der Waals surface area (Å²) in [6.07, 6.45) is 0. The molecule has 0 aliphatic carbocycles. The van der Waals surface area contributed by atoms with E-state index in [9.17, 15) is 0 Å². The van der Waals surface area contributed by atoms with Crippen molar-refractivity contribution in [3.05, 3.63) is 88.9 Å². The van der Waals surface area contributed by atoms with Crippen LogP contribution in [0.1, 0.15) is 11.1 Å². The summed E-state index contributed by atoms with van der Waals surface area (Å²) < 4.78 is 11.5. The van der Waals surface area contributed by atoms with Gasteiger partial charge in [-0.2, -0.15) is 0 Å². The molecule has 0 spiro atoms. The first-order valence-electron chi connectivity index (χ1n) is 7.41. The highest BCUT2D eigenvalue weighted by Crippen LogP contribution is 2.31. The summed E-state index contributed by atoms with van der Waals surface area (Å²) in [5.74, 6) is 2.11. The summed E-state index contributed by atoms with van der Waals surface area (Å²) >= 11 is 6.28. The van der Waals surface area contributed by atoms with Gasteiger partial charge in [0.05, 0.1) is 5.02 Å². The van der Waals surface area contributed by atoms with Crippen molar-refractivity contribution in [2.45, 2.75) is 13.5 Å². The number of halogens is 1. The number of rotatable bonds is 5. The van der Waals surface area contributed by atoms with Crippen molar-refractivity contribution in [2.75, 3.05) is 0 Å². The third-order valence-electron chi connectivity index (χ3n) is 3.40. The van der Waals surface area contributed by atoms with E-state index in [1.54, 1.807) is 6.07 Å². The van der Waals surface area contributed by atoms with Gasteiger partial charge in [-0.1, -0.05) is 59.6 Å². The van der Waals surface area contributed by atoms with E-state index in [0.717, 1.165) is 11.3 Å². The number of benzene rings is 3. The van der Waals surface area contributed by atoms with Crippen LogP contribution in [0.5, 0.6) is 17.2 Å². The smallest absolute Gasteiger partial charge is 0.138 e. The molecule has 3 aromatic carbocycles. The lowest BCUT2D eigenvalue weighted by molar-refractivity contribution is 0.306. The van der Waals surface area contributed by atoms with Gasteiger partial charge in [0, 0.05) is 6.07 Å². The molecule has 0 saturated heterocycles. The summed E-state index contributed by atoms with van der Waals surface area (Å²) in [6.45, 7) is 2.53. The Balaban J connectivity index is 1.66. The van der Waals surface area contributed by atoms with Crippen LogP contribution in [0.3, 0.4) is 0 Å². The van der Waals surface area contributed by atoms with Crippen LogP contribution >= 0.6 is 11.6 Å². The second-order valence-corrected chi connectivity index (χ2v) is 5.69. The van der Waals surface area contributed by atoms with Gasteiger partial charge in [0.2, 0.25) is 0 Å². The van der Waals surface area contributed by atoms with E-state index >= 15 is 0 Å². The first-order valence-corrected chi connectivity index (χ1v) is 7.79. The summed E-state index contributed by atoms with van der Waals surface area (Å²) in [6, 6.07) is 23.3. The first-order chi connectivity index (χ1) is 11.2. The molecule has 3 heteroatoms. The van der Waals surface area contributed by atoms with Crippen molar-refractivity contribution >= 4 is 11.6 Å². The van der Waals surface area contributed by atoms with Crippen LogP contribution in [0.25, 0.3) is 0 Å². The molecule has 23 heavy (non-hydrogen) atoms. The third-order valence-corrected chi connectivity index (χ3v) is 3.69. The largest absolute Gasteiger partial charge is 0.487 e. The molecule has 0 N–H and O–H groups in total. The maximum atomic E-state index is 6.28. The number of hydrogen-bond donors (Lipinski definition) is 0. The molecule has 0 aliphatic heterocycles. The van der Waals surface area contributed by atoms with Gasteiger partial charge in [0.1, 0.15) is 23.9 Å². The van der Waals surface area contributed by atoms with Crippen LogP contribution in [0.4, 0.5) is 0 Å². The van der Waals surface area contributed by atoms with Gasteiger partial charge in [-0.3, -0.25) is 0 Å². The maximum Gasteiger partial charge on any atom is 0.138 e. The van der Waals surface area contributed by atoms with Crippen LogP contribution in [-0.4, -0.2) is 0 Å². The van der Waals surface area contributed by atoms with Crippen molar-refractivity contribution in [3.8, 4) is 17.2 Å². The topological polar surface area (TPSA) is 18.5 Å². The van der Waals surface area contributed by atoms with Crippen LogP contribution in [0.2, 0.25) is 5.02 Å². The minimum absolute atomic E-state index is 0.485. The van der Waals surface area contributed by atoms with E-state index < -0.39 is 0 Å². The Labute approximate surface area is 141 Å². The zero-order valence-electron chi connectivity index (χ0n) is 12.8. The predicted octanol–water partition coefficient (Wildman–Crippen LogP) is 6.02. The Morgan fingerprint density at radius 1 is 0.826 bits per heavy atom. The summed E-state index contributed by atoms with van der Waals surface area (Å²) in [7, 11) is 0. The number of aryl methyl sites for hydroxylation is 1. The van der Waals surface area contributed by atoms with E-state index in [0.29, 0.717) is 23.1 Å². The monoisotopic (exact) mass is 324 g/mol. The van der Waals surface area contributed by atoms with Gasteiger partial charge in [-0.25, -0.2) is 0 Å². The van der Waals surface area contributed by atoms with E-state index in [1.807, 2.05) is 73.7 Å². The van der Waals surface area contributed by atoms with Crippen molar-refractivity contribution < 1.29 is 9.47 Å². The van der Waals surface area contributed by atoms with Crippen LogP contribution in [-0.2, 0) is 6.61 Å². The normalized spacial score (nSPS) is 10.3. The van der Waals surface area contributed by atoms with Gasteiger partial charge >= 0.3 is 0 Å². The standard InChI is InChI=1S/C20H17ClO2/c1-15-7-9-17(10-8-15)23-18-11-12-20(19(21)13-18)22-14-16-5-3-2-4-6-16/h2-13H,14H2,1H3. The molecule has 0 aromatic heterocycles. The van der Waals surface area contributed by atoms with Crippen molar-refractivity contribution in [2.24, 2.45) is 0 Å². The zero-order chi connectivity index (χ0) is 16.1. The fourth-order valence-corrected chi connectivity index (χ4v) is 2.36. The Kier molecular flexibility index (Phi) is 4.84. The fourth-order valence-electron chi connectivity index (χ4n) is 2.14. The lowest BCUT2D eigenvalue weighted by Gasteiger charge is -2.11. The third kappa shape index (κ3) is 4.27. The maximum absolute atomic E-state index is 6.28. The van der Waals surface area contributed by atoms with E-state index in [1.165, 1.54) is 5.56 Å². The average Bonchev–Trinajstić information content (AvgIpc) is 2.57. The zero-order valence-corrected chi connectivity index (χ0v) is 13.6. The number of ether oxygens (including phenoxy) is 2. The van der Waals surface area contributed by atoms with E-state index in [-0.39, 0.29) is 0 Å². The van der Waals surface area contributed by atoms with Gasteiger partial charge in [0.25, 0.3) is 0 Å². The number of hydrogen-bond acceptors (Lipinski definition) is 2. The van der Waals surface area contributed by atoms with Crippen LogP contribution < -0.4 is 9.47 Å². The molecular weight excluding hydrogens is 308 g/mol. The van der Waals surface area contributed by atoms with E-state index in [4.69, 9.17) is 21.1 Å². The lowest BCUT2D eigenvalue weighted by Crippen LogP contribution is -1.95. The minimum Gasteiger partial charge on any atom is -0.487 e. The molecule has 0 heterocycles. The van der Waals surface area contributed by atoms with Crippen molar-refractivity contribution in [3.63, 3.8) is 0 Å². The molecule has 0 atom stereocenters. The Morgan fingerprint density at radius 2 is 1.52 bits per heavy atom. The van der Waals surface area contributed by atoms with Crippen molar-refractivity contribution in [1.29, 1.82) is 0 Å². The van der Waals surface area contributed by atoms with Crippen LogP contribution in [0, 0.1) is 6.92 Å². The molecule has 0 fully saturated rings. The molecule has 0 amide bonds. The second kappa shape index (κ2) is 7.21. The molecule has 116 valence electrons. The molecule has 0 radical (unpaired) electrons. The molecule has 2 nitrogen and oxygen atoms in total. The first kappa shape index (κ1) is 15.4. The van der Waals surface area contributed by atoms with Gasteiger partial charge in [-0.05, 0) is 36.8 Å². The fraction of sp³-hybridized carbons (Fsp3) is 0.100. The van der Waals surface area contributed by atoms with E-state index in [2.05, 4.69) is 0 Å². The lowest BCUT2D eigenvalue weighted by atomic mass is 10.2. The average molecular weight is 325 g/mol. The van der Waals surface area contributed by atoms with Crippen LogP contribution in [0.15, 0.2) is 72.8 Å². The SMILES string of the molecule is Cc1ccc(Oc2ccc(OCc3ccccc3)c(Cl)c2)cc1. The quantitative estimate of drug-likeness (QED) is 0.571. The Morgan fingerprint density at radius 3 is 2.22 bits per heavy atom. The summed E-state index contributed by atoms with van der Waals surface area (Å²) in [4.78, 5) is 0. The summed E-state index contributed by atoms with van der Waals surface area (Å²) in [5, 5.41) is 0.533. The molecular formula is C20H17ClO2. The van der Waals surface area contributed by atoms with Crippen molar-refractivity contribution in [1.82, 2.24) is 0 Å². The summed E-state index contributed by atoms with van der Waals surface area (Å²) in [5.41, 5.74) is 2.29. The van der Waals surface area contributed by atoms with Gasteiger partial charge in [0.15, 0.2) is 0 Å². The minimum atomic E-state index is 0.485. The highest BCUT2D eigenvalue weighted by Gasteiger charge is 2.05. The Hall–Kier alpha value is -2.45. The molecule has 0 aliphatic rings. The second-order valence-electron chi connectivity index (χ2n) is 5.28. The molecule has 3 rings (SSSR count). The highest BCUT2D eigenvalue weighted by atomic mass is 35.5. The Bertz CT molecular complexity index is 767. The molecule has 0 bridgehead atoms. The predicted molar refractivity (Wildman–Crippen MR) is 93.5 cm³/mol. The molecule has 0 saturated carbocycles. The molecule has 0 unspecified atom stereocenters. The van der Waals surface area contributed by atoms with Gasteiger partial charge < -0.3 is 9.47 Å².